The normalized spacial score (nSPS) is 17.7. The van der Waals surface area contributed by atoms with Gasteiger partial charge in [0.2, 0.25) is 6.79 Å². The summed E-state index contributed by atoms with van der Waals surface area (Å²) >= 11 is 6.46. The van der Waals surface area contributed by atoms with Gasteiger partial charge < -0.3 is 14.2 Å². The van der Waals surface area contributed by atoms with E-state index in [4.69, 9.17) is 26.4 Å². The summed E-state index contributed by atoms with van der Waals surface area (Å²) in [5.74, 6) is 0.800. The summed E-state index contributed by atoms with van der Waals surface area (Å²) in [6.07, 6.45) is 1.88. The van der Waals surface area contributed by atoms with E-state index in [1.54, 1.807) is 19.1 Å². The van der Waals surface area contributed by atoms with E-state index in [9.17, 15) is 9.59 Å². The lowest BCUT2D eigenvalue weighted by Gasteiger charge is -2.13. The average Bonchev–Trinajstić information content (AvgIpc) is 3.11. The number of hydrogen-bond donors (Lipinski definition) is 0. The number of carbonyl (C=O) groups excluding carboxylic acids is 2. The Bertz CT molecular complexity index is 731. The Kier molecular flexibility index (Phi) is 5.06. The fourth-order valence-electron chi connectivity index (χ4n) is 2.28. The molecule has 1 amide bonds. The molecule has 0 radical (unpaired) electrons. The molecule has 6 nitrogen and oxygen atoms in total. The third-order valence-corrected chi connectivity index (χ3v) is 4.79. The molecule has 1 aromatic rings. The molecule has 126 valence electrons. The molecule has 2 aliphatic heterocycles. The molecule has 8 heteroatoms. The van der Waals surface area contributed by atoms with E-state index in [0.717, 1.165) is 5.56 Å². The molecule has 0 spiro atoms. The molecule has 1 aromatic carbocycles. The molecule has 1 fully saturated rings. The lowest BCUT2D eigenvalue weighted by Crippen LogP contribution is -2.30. The number of carbonyl (C=O) groups is 2. The zero-order valence-electron chi connectivity index (χ0n) is 12.9. The molecule has 0 aromatic heterocycles. The van der Waals surface area contributed by atoms with Crippen molar-refractivity contribution in [3.63, 3.8) is 0 Å². The van der Waals surface area contributed by atoms with E-state index < -0.39 is 0 Å². The van der Waals surface area contributed by atoms with Crippen LogP contribution in [0, 0.1) is 0 Å². The van der Waals surface area contributed by atoms with Crippen molar-refractivity contribution in [3.8, 4) is 11.5 Å². The third-order valence-electron chi connectivity index (χ3n) is 3.41. The van der Waals surface area contributed by atoms with Crippen molar-refractivity contribution in [2.45, 2.75) is 13.3 Å². The van der Waals surface area contributed by atoms with Crippen LogP contribution in [-0.4, -0.2) is 41.0 Å². The first kappa shape index (κ1) is 16.8. The quantitative estimate of drug-likeness (QED) is 0.451. The largest absolute Gasteiger partial charge is 0.466 e. The highest BCUT2D eigenvalue weighted by molar-refractivity contribution is 8.26. The molecule has 0 unspecified atom stereocenters. The predicted octanol–water partition coefficient (Wildman–Crippen LogP) is 2.57. The minimum Gasteiger partial charge on any atom is -0.466 e. The fourth-order valence-corrected chi connectivity index (χ4v) is 3.59. The van der Waals surface area contributed by atoms with Crippen LogP contribution in [0.1, 0.15) is 18.9 Å². The standard InChI is InChI=1S/C16H15NO5S2/c1-2-20-14(18)5-6-17-15(19)13(24-16(17)23)8-10-3-4-11-12(7-10)22-9-21-11/h3-4,7-8H,2,5-6,9H2,1H3. The summed E-state index contributed by atoms with van der Waals surface area (Å²) in [7, 11) is 0. The minimum atomic E-state index is -0.341. The van der Waals surface area contributed by atoms with Crippen LogP contribution < -0.4 is 9.47 Å². The van der Waals surface area contributed by atoms with E-state index in [0.29, 0.717) is 27.3 Å². The Morgan fingerprint density at radius 2 is 2.21 bits per heavy atom. The van der Waals surface area contributed by atoms with Gasteiger partial charge in [0, 0.05) is 6.54 Å². The molecular formula is C16H15NO5S2. The number of thiocarbonyl (C=S) groups is 1. The van der Waals surface area contributed by atoms with Gasteiger partial charge in [-0.05, 0) is 30.7 Å². The van der Waals surface area contributed by atoms with Crippen molar-refractivity contribution in [2.24, 2.45) is 0 Å². The summed E-state index contributed by atoms with van der Waals surface area (Å²) in [6.45, 7) is 2.49. The molecule has 0 aliphatic carbocycles. The van der Waals surface area contributed by atoms with Gasteiger partial charge in [-0.2, -0.15) is 0 Å². The summed E-state index contributed by atoms with van der Waals surface area (Å²) in [6, 6.07) is 5.46. The number of fused-ring (bicyclic) bond motifs is 1. The van der Waals surface area contributed by atoms with Gasteiger partial charge in [0.05, 0.1) is 17.9 Å². The topological polar surface area (TPSA) is 65.1 Å². The second-order valence-electron chi connectivity index (χ2n) is 5.00. The van der Waals surface area contributed by atoms with Crippen LogP contribution in [0.4, 0.5) is 0 Å². The van der Waals surface area contributed by atoms with Gasteiger partial charge in [-0.1, -0.05) is 30.0 Å². The molecule has 2 heterocycles. The fraction of sp³-hybridized carbons (Fsp3) is 0.312. The smallest absolute Gasteiger partial charge is 0.307 e. The van der Waals surface area contributed by atoms with Gasteiger partial charge in [0.25, 0.3) is 5.91 Å². The summed E-state index contributed by atoms with van der Waals surface area (Å²) in [4.78, 5) is 25.9. The Hall–Kier alpha value is -2.06. The highest BCUT2D eigenvalue weighted by atomic mass is 32.2. The van der Waals surface area contributed by atoms with Gasteiger partial charge in [-0.15, -0.1) is 0 Å². The number of hydrogen-bond acceptors (Lipinski definition) is 7. The Morgan fingerprint density at radius 1 is 1.42 bits per heavy atom. The molecule has 0 N–H and O–H groups in total. The van der Waals surface area contributed by atoms with Gasteiger partial charge in [-0.25, -0.2) is 0 Å². The van der Waals surface area contributed by atoms with Crippen LogP contribution in [0.2, 0.25) is 0 Å². The summed E-state index contributed by atoms with van der Waals surface area (Å²) in [5, 5.41) is 0. The second kappa shape index (κ2) is 7.23. The van der Waals surface area contributed by atoms with E-state index in [2.05, 4.69) is 0 Å². The van der Waals surface area contributed by atoms with E-state index in [-0.39, 0.29) is 31.6 Å². The van der Waals surface area contributed by atoms with Crippen molar-refractivity contribution in [1.29, 1.82) is 0 Å². The monoisotopic (exact) mass is 365 g/mol. The van der Waals surface area contributed by atoms with Crippen LogP contribution in [-0.2, 0) is 14.3 Å². The van der Waals surface area contributed by atoms with Crippen molar-refractivity contribution in [3.05, 3.63) is 28.7 Å². The molecule has 24 heavy (non-hydrogen) atoms. The first-order valence-electron chi connectivity index (χ1n) is 7.39. The number of rotatable bonds is 5. The highest BCUT2D eigenvalue weighted by Gasteiger charge is 2.32. The van der Waals surface area contributed by atoms with Gasteiger partial charge >= 0.3 is 5.97 Å². The first-order chi connectivity index (χ1) is 11.6. The molecule has 0 bridgehead atoms. The Balaban J connectivity index is 1.70. The highest BCUT2D eigenvalue weighted by Crippen LogP contribution is 2.36. The maximum atomic E-state index is 12.5. The number of benzene rings is 1. The second-order valence-corrected chi connectivity index (χ2v) is 6.68. The Morgan fingerprint density at radius 3 is 3.00 bits per heavy atom. The molecule has 0 saturated carbocycles. The predicted molar refractivity (Wildman–Crippen MR) is 93.7 cm³/mol. The van der Waals surface area contributed by atoms with Crippen LogP contribution in [0.5, 0.6) is 11.5 Å². The zero-order chi connectivity index (χ0) is 17.1. The lowest BCUT2D eigenvalue weighted by atomic mass is 10.2. The Labute approximate surface area is 148 Å². The number of nitrogens with zero attached hydrogens (tertiary/aromatic N) is 1. The number of esters is 1. The van der Waals surface area contributed by atoms with Crippen molar-refractivity contribution in [1.82, 2.24) is 4.90 Å². The maximum absolute atomic E-state index is 12.5. The lowest BCUT2D eigenvalue weighted by molar-refractivity contribution is -0.143. The molecule has 2 aliphatic rings. The maximum Gasteiger partial charge on any atom is 0.307 e. The van der Waals surface area contributed by atoms with Crippen molar-refractivity contribution < 1.29 is 23.8 Å². The minimum absolute atomic E-state index is 0.123. The van der Waals surface area contributed by atoms with Gasteiger partial charge in [0.15, 0.2) is 11.5 Å². The molecule has 0 atom stereocenters. The summed E-state index contributed by atoms with van der Waals surface area (Å²) < 4.78 is 15.9. The SMILES string of the molecule is CCOC(=O)CCN1C(=O)C(=Cc2ccc3c(c2)OCO3)SC1=S. The van der Waals surface area contributed by atoms with Crippen LogP contribution in [0.15, 0.2) is 23.1 Å². The van der Waals surface area contributed by atoms with Crippen molar-refractivity contribution >= 4 is 46.3 Å². The average molecular weight is 365 g/mol. The first-order valence-corrected chi connectivity index (χ1v) is 8.61. The third kappa shape index (κ3) is 3.54. The van der Waals surface area contributed by atoms with Gasteiger partial charge in [0.1, 0.15) is 4.32 Å². The van der Waals surface area contributed by atoms with Crippen LogP contribution >= 0.6 is 24.0 Å². The summed E-state index contributed by atoms with van der Waals surface area (Å²) in [5.41, 5.74) is 0.824. The molecule has 1 saturated heterocycles. The van der Waals surface area contributed by atoms with E-state index in [1.807, 2.05) is 12.1 Å². The van der Waals surface area contributed by atoms with E-state index in [1.165, 1.54) is 16.7 Å². The van der Waals surface area contributed by atoms with Gasteiger partial charge in [-0.3, -0.25) is 14.5 Å². The number of amides is 1. The van der Waals surface area contributed by atoms with Crippen molar-refractivity contribution in [2.75, 3.05) is 19.9 Å². The van der Waals surface area contributed by atoms with Crippen LogP contribution in [0.25, 0.3) is 6.08 Å². The molecule has 3 rings (SSSR count). The number of ether oxygens (including phenoxy) is 3. The number of thioether (sulfide) groups is 1. The van der Waals surface area contributed by atoms with Crippen LogP contribution in [0.3, 0.4) is 0 Å². The zero-order valence-corrected chi connectivity index (χ0v) is 14.6. The molecular weight excluding hydrogens is 350 g/mol. The van der Waals surface area contributed by atoms with E-state index >= 15 is 0 Å².